The summed E-state index contributed by atoms with van der Waals surface area (Å²) in [5.41, 5.74) is 0.135. The zero-order chi connectivity index (χ0) is 10.7. The lowest BCUT2D eigenvalue weighted by Crippen LogP contribution is -2.22. The fourth-order valence-corrected chi connectivity index (χ4v) is 0.841. The molecule has 1 N–H and O–H groups in total. The summed E-state index contributed by atoms with van der Waals surface area (Å²) in [6, 6.07) is 0. The topological polar surface area (TPSA) is 88.3 Å². The van der Waals surface area contributed by atoms with Crippen molar-refractivity contribution in [3.63, 3.8) is 0 Å². The van der Waals surface area contributed by atoms with Crippen LogP contribution < -0.4 is 0 Å². The van der Waals surface area contributed by atoms with Crippen molar-refractivity contribution < 1.29 is 14.7 Å². The van der Waals surface area contributed by atoms with E-state index < -0.39 is 5.97 Å². The number of rotatable bonds is 3. The highest BCUT2D eigenvalue weighted by atomic mass is 16.4. The minimum Gasteiger partial charge on any atom is -0.480 e. The average molecular weight is 198 g/mol. The fraction of sp³-hybridized carbons (Fsp3) is 0.429. The Morgan fingerprint density at radius 3 is 2.71 bits per heavy atom. The Morgan fingerprint density at radius 2 is 2.21 bits per heavy atom. The van der Waals surface area contributed by atoms with Gasteiger partial charge in [-0.2, -0.15) is 0 Å². The summed E-state index contributed by atoms with van der Waals surface area (Å²) in [6.07, 6.45) is 1.30. The lowest BCUT2D eigenvalue weighted by molar-refractivity contribution is -0.137. The van der Waals surface area contributed by atoms with Gasteiger partial charge in [0.2, 0.25) is 0 Å². The molecule has 14 heavy (non-hydrogen) atoms. The van der Waals surface area contributed by atoms with E-state index in [0.29, 0.717) is 0 Å². The molecule has 0 spiro atoms. The number of carboxylic acids is 1. The summed E-state index contributed by atoms with van der Waals surface area (Å²) in [7, 11) is 3.16. The van der Waals surface area contributed by atoms with Gasteiger partial charge in [0.25, 0.3) is 5.91 Å². The number of amides is 1. The van der Waals surface area contributed by atoms with Gasteiger partial charge < -0.3 is 10.0 Å². The van der Waals surface area contributed by atoms with E-state index in [1.54, 1.807) is 14.1 Å². The van der Waals surface area contributed by atoms with Crippen molar-refractivity contribution in [3.05, 3.63) is 11.9 Å². The van der Waals surface area contributed by atoms with Crippen molar-refractivity contribution in [2.45, 2.75) is 6.54 Å². The van der Waals surface area contributed by atoms with Gasteiger partial charge in [0.1, 0.15) is 6.54 Å². The number of carboxylic acid groups (broad SMARTS) is 1. The number of hydrogen-bond donors (Lipinski definition) is 1. The maximum absolute atomic E-state index is 11.3. The maximum Gasteiger partial charge on any atom is 0.325 e. The maximum atomic E-state index is 11.3. The highest BCUT2D eigenvalue weighted by Crippen LogP contribution is 1.96. The highest BCUT2D eigenvalue weighted by Gasteiger charge is 2.13. The Bertz CT molecular complexity index is 358. The second-order valence-corrected chi connectivity index (χ2v) is 2.89. The monoisotopic (exact) mass is 198 g/mol. The summed E-state index contributed by atoms with van der Waals surface area (Å²) in [5.74, 6) is -1.33. The van der Waals surface area contributed by atoms with Crippen LogP contribution in [-0.2, 0) is 11.3 Å². The third-order valence-electron chi connectivity index (χ3n) is 1.46. The molecule has 0 bridgehead atoms. The summed E-state index contributed by atoms with van der Waals surface area (Å²) < 4.78 is 1.10. The molecule has 7 nitrogen and oxygen atoms in total. The second-order valence-electron chi connectivity index (χ2n) is 2.89. The molecule has 0 fully saturated rings. The van der Waals surface area contributed by atoms with Gasteiger partial charge in [-0.25, -0.2) is 4.68 Å². The lowest BCUT2D eigenvalue weighted by atomic mass is 10.4. The molecule has 1 aromatic heterocycles. The van der Waals surface area contributed by atoms with E-state index >= 15 is 0 Å². The average Bonchev–Trinajstić information content (AvgIpc) is 2.50. The minimum atomic E-state index is -1.03. The fourth-order valence-electron chi connectivity index (χ4n) is 0.841. The van der Waals surface area contributed by atoms with E-state index in [9.17, 15) is 9.59 Å². The van der Waals surface area contributed by atoms with Crippen LogP contribution in [-0.4, -0.2) is 51.0 Å². The van der Waals surface area contributed by atoms with Gasteiger partial charge in [0, 0.05) is 14.1 Å². The first kappa shape index (κ1) is 10.2. The SMILES string of the molecule is CN(C)C(=O)c1cn(CC(=O)O)nn1. The normalized spacial score (nSPS) is 9.86. The Hall–Kier alpha value is -1.92. The van der Waals surface area contributed by atoms with Gasteiger partial charge in [-0.15, -0.1) is 5.10 Å². The van der Waals surface area contributed by atoms with Crippen LogP contribution in [0.1, 0.15) is 10.5 Å². The van der Waals surface area contributed by atoms with Gasteiger partial charge >= 0.3 is 5.97 Å². The first-order valence-electron chi connectivity index (χ1n) is 3.84. The van der Waals surface area contributed by atoms with Gasteiger partial charge in [-0.05, 0) is 0 Å². The van der Waals surface area contributed by atoms with E-state index in [4.69, 9.17) is 5.11 Å². The van der Waals surface area contributed by atoms with E-state index in [1.165, 1.54) is 11.1 Å². The minimum absolute atomic E-state index is 0.135. The van der Waals surface area contributed by atoms with Crippen molar-refractivity contribution in [2.75, 3.05) is 14.1 Å². The molecule has 76 valence electrons. The van der Waals surface area contributed by atoms with Crippen molar-refractivity contribution in [3.8, 4) is 0 Å². The number of hydrogen-bond acceptors (Lipinski definition) is 4. The summed E-state index contributed by atoms with van der Waals surface area (Å²) in [4.78, 5) is 22.9. The van der Waals surface area contributed by atoms with Gasteiger partial charge in [-0.1, -0.05) is 5.21 Å². The molecule has 0 aliphatic carbocycles. The summed E-state index contributed by atoms with van der Waals surface area (Å²) in [5, 5.41) is 15.5. The molecule has 0 aliphatic rings. The van der Waals surface area contributed by atoms with Crippen LogP contribution in [0.3, 0.4) is 0 Å². The lowest BCUT2D eigenvalue weighted by Gasteiger charge is -2.05. The third kappa shape index (κ3) is 2.28. The van der Waals surface area contributed by atoms with Gasteiger partial charge in [-0.3, -0.25) is 9.59 Å². The molecule has 1 rings (SSSR count). The molecular formula is C7H10N4O3. The van der Waals surface area contributed by atoms with E-state index in [0.717, 1.165) is 4.68 Å². The smallest absolute Gasteiger partial charge is 0.325 e. The zero-order valence-corrected chi connectivity index (χ0v) is 7.84. The number of carbonyl (C=O) groups excluding carboxylic acids is 1. The molecule has 1 amide bonds. The molecule has 0 atom stereocenters. The number of aromatic nitrogens is 3. The molecule has 0 saturated heterocycles. The van der Waals surface area contributed by atoms with Crippen LogP contribution in [0, 0.1) is 0 Å². The van der Waals surface area contributed by atoms with E-state index in [-0.39, 0.29) is 18.1 Å². The standard InChI is InChI=1S/C7H10N4O3/c1-10(2)7(14)5-3-11(9-8-5)4-6(12)13/h3H,4H2,1-2H3,(H,12,13). The molecule has 0 unspecified atom stereocenters. The number of aliphatic carboxylic acids is 1. The molecule has 0 radical (unpaired) electrons. The Balaban J connectivity index is 2.77. The molecule has 1 heterocycles. The van der Waals surface area contributed by atoms with Crippen LogP contribution >= 0.6 is 0 Å². The summed E-state index contributed by atoms with van der Waals surface area (Å²) in [6.45, 7) is -0.298. The van der Waals surface area contributed by atoms with E-state index in [2.05, 4.69) is 10.3 Å². The van der Waals surface area contributed by atoms with Crippen LogP contribution in [0.25, 0.3) is 0 Å². The molecule has 1 aromatic rings. The zero-order valence-electron chi connectivity index (χ0n) is 7.84. The van der Waals surface area contributed by atoms with Crippen LogP contribution in [0.15, 0.2) is 6.20 Å². The first-order chi connectivity index (χ1) is 6.50. The summed E-state index contributed by atoms with van der Waals surface area (Å²) >= 11 is 0. The van der Waals surface area contributed by atoms with Gasteiger partial charge in [0.15, 0.2) is 5.69 Å². The molecule has 0 saturated carbocycles. The van der Waals surface area contributed by atoms with Crippen molar-refractivity contribution in [1.82, 2.24) is 19.9 Å². The van der Waals surface area contributed by atoms with Crippen LogP contribution in [0.2, 0.25) is 0 Å². The third-order valence-corrected chi connectivity index (χ3v) is 1.46. The van der Waals surface area contributed by atoms with Gasteiger partial charge in [0.05, 0.1) is 6.20 Å². The van der Waals surface area contributed by atoms with Crippen molar-refractivity contribution in [2.24, 2.45) is 0 Å². The molecule has 0 aromatic carbocycles. The molecular weight excluding hydrogens is 188 g/mol. The largest absolute Gasteiger partial charge is 0.480 e. The highest BCUT2D eigenvalue weighted by molar-refractivity contribution is 5.91. The quantitative estimate of drug-likeness (QED) is 0.677. The second kappa shape index (κ2) is 3.86. The Morgan fingerprint density at radius 1 is 1.57 bits per heavy atom. The molecule has 7 heteroatoms. The van der Waals surface area contributed by atoms with Crippen molar-refractivity contribution in [1.29, 1.82) is 0 Å². The van der Waals surface area contributed by atoms with Crippen molar-refractivity contribution >= 4 is 11.9 Å². The predicted octanol–water partition coefficient (Wildman–Crippen LogP) is -0.935. The van der Waals surface area contributed by atoms with E-state index in [1.807, 2.05) is 0 Å². The first-order valence-corrected chi connectivity index (χ1v) is 3.84. The Labute approximate surface area is 79.9 Å². The Kier molecular flexibility index (Phi) is 2.80. The predicted molar refractivity (Wildman–Crippen MR) is 45.7 cm³/mol. The number of nitrogens with zero attached hydrogens (tertiary/aromatic N) is 4. The molecule has 0 aliphatic heterocycles. The van der Waals surface area contributed by atoms with Crippen LogP contribution in [0.4, 0.5) is 0 Å². The van der Waals surface area contributed by atoms with Crippen LogP contribution in [0.5, 0.6) is 0 Å². The number of carbonyl (C=O) groups is 2.